The number of aliphatic hydroxyl groups is 1. The van der Waals surface area contributed by atoms with E-state index in [2.05, 4.69) is 0 Å². The molecule has 3 N–H and O–H groups in total. The third kappa shape index (κ3) is 3.41. The van der Waals surface area contributed by atoms with Gasteiger partial charge in [0, 0.05) is 24.2 Å². The number of hydrogen-bond acceptors (Lipinski definition) is 5. The lowest BCUT2D eigenvalue weighted by molar-refractivity contribution is -0.384. The Morgan fingerprint density at radius 2 is 2.16 bits per heavy atom. The number of carbonyl (C=O) groups excluding carboxylic acids is 1. The molecule has 0 radical (unpaired) electrons. The first-order valence-electron chi connectivity index (χ1n) is 5.84. The van der Waals surface area contributed by atoms with Gasteiger partial charge in [-0.15, -0.1) is 0 Å². The summed E-state index contributed by atoms with van der Waals surface area (Å²) in [5, 5.41) is 20.1. The number of amides is 1. The second kappa shape index (κ2) is 6.14. The molecule has 0 unspecified atom stereocenters. The summed E-state index contributed by atoms with van der Waals surface area (Å²) in [6, 6.07) is 4.06. The molecule has 0 bridgehead atoms. The van der Waals surface area contributed by atoms with Crippen LogP contribution in [0.15, 0.2) is 18.2 Å². The van der Waals surface area contributed by atoms with E-state index in [-0.39, 0.29) is 30.4 Å². The molecule has 0 saturated heterocycles. The fraction of sp³-hybridized carbons (Fsp3) is 0.417. The lowest BCUT2D eigenvalue weighted by atomic mass is 10.1. The van der Waals surface area contributed by atoms with Crippen molar-refractivity contribution in [3.05, 3.63) is 33.9 Å². The van der Waals surface area contributed by atoms with Crippen molar-refractivity contribution in [2.45, 2.75) is 19.9 Å². The molecular weight excluding hydrogens is 250 g/mol. The predicted molar refractivity (Wildman–Crippen MR) is 71.2 cm³/mol. The molecule has 0 aliphatic carbocycles. The predicted octanol–water partition coefficient (Wildman–Crippen LogP) is 0.901. The zero-order valence-electron chi connectivity index (χ0n) is 10.9. The summed E-state index contributed by atoms with van der Waals surface area (Å²) >= 11 is 0. The van der Waals surface area contributed by atoms with E-state index in [0.717, 1.165) is 6.07 Å². The number of hydrogen-bond donors (Lipinski definition) is 2. The fourth-order valence-corrected chi connectivity index (χ4v) is 1.83. The summed E-state index contributed by atoms with van der Waals surface area (Å²) in [6.07, 6.45) is 0. The highest BCUT2D eigenvalue weighted by molar-refractivity contribution is 5.94. The van der Waals surface area contributed by atoms with Crippen LogP contribution in [0.3, 0.4) is 0 Å². The van der Waals surface area contributed by atoms with Crippen molar-refractivity contribution in [1.82, 2.24) is 0 Å². The Morgan fingerprint density at radius 3 is 2.58 bits per heavy atom. The summed E-state index contributed by atoms with van der Waals surface area (Å²) in [5.41, 5.74) is 5.36. The highest BCUT2D eigenvalue weighted by atomic mass is 16.6. The van der Waals surface area contributed by atoms with Crippen LogP contribution < -0.4 is 10.6 Å². The zero-order valence-corrected chi connectivity index (χ0v) is 10.9. The first-order chi connectivity index (χ1) is 8.88. The summed E-state index contributed by atoms with van der Waals surface area (Å²) < 4.78 is 0. The number of nitro groups is 1. The van der Waals surface area contributed by atoms with Gasteiger partial charge in [-0.3, -0.25) is 14.9 Å². The Bertz CT molecular complexity index is 488. The first-order valence-corrected chi connectivity index (χ1v) is 5.84. The number of benzene rings is 1. The lowest BCUT2D eigenvalue weighted by Crippen LogP contribution is -2.34. The van der Waals surface area contributed by atoms with Crippen molar-refractivity contribution in [2.75, 3.05) is 18.1 Å². The van der Waals surface area contributed by atoms with Gasteiger partial charge in [0.2, 0.25) is 5.91 Å². The monoisotopic (exact) mass is 267 g/mol. The normalized spacial score (nSPS) is 10.5. The molecule has 19 heavy (non-hydrogen) atoms. The number of carbonyl (C=O) groups is 1. The van der Waals surface area contributed by atoms with Crippen LogP contribution in [-0.2, 0) is 0 Å². The number of nitrogens with zero attached hydrogens (tertiary/aromatic N) is 2. The minimum absolute atomic E-state index is 0.0229. The van der Waals surface area contributed by atoms with Crippen LogP contribution in [0.5, 0.6) is 0 Å². The maximum absolute atomic E-state index is 11.1. The topological polar surface area (TPSA) is 110 Å². The van der Waals surface area contributed by atoms with E-state index in [1.165, 1.54) is 12.1 Å². The Morgan fingerprint density at radius 1 is 1.53 bits per heavy atom. The van der Waals surface area contributed by atoms with Crippen molar-refractivity contribution in [2.24, 2.45) is 5.73 Å². The first kappa shape index (κ1) is 14.9. The maximum atomic E-state index is 11.1. The number of nitro benzene ring substituents is 1. The van der Waals surface area contributed by atoms with Crippen LogP contribution >= 0.6 is 0 Å². The standard InChI is InChI=1S/C12H17N3O4/c1-8(2)14(5-6-16)10-4-3-9(12(13)17)7-11(10)15(18)19/h3-4,7-8,16H,5-6H2,1-2H3,(H2,13,17). The molecule has 7 nitrogen and oxygen atoms in total. The molecule has 0 aliphatic rings. The van der Waals surface area contributed by atoms with E-state index >= 15 is 0 Å². The van der Waals surface area contributed by atoms with Gasteiger partial charge in [-0.1, -0.05) is 0 Å². The molecule has 0 spiro atoms. The second-order valence-electron chi connectivity index (χ2n) is 4.34. The average Bonchev–Trinajstić information content (AvgIpc) is 2.34. The quantitative estimate of drug-likeness (QED) is 0.587. The van der Waals surface area contributed by atoms with E-state index in [0.29, 0.717) is 5.69 Å². The molecule has 0 heterocycles. The van der Waals surface area contributed by atoms with E-state index in [4.69, 9.17) is 10.8 Å². The molecule has 0 aromatic heterocycles. The molecule has 0 saturated carbocycles. The van der Waals surface area contributed by atoms with Gasteiger partial charge >= 0.3 is 0 Å². The third-order valence-corrected chi connectivity index (χ3v) is 2.73. The van der Waals surface area contributed by atoms with E-state index in [9.17, 15) is 14.9 Å². The van der Waals surface area contributed by atoms with Crippen molar-refractivity contribution < 1.29 is 14.8 Å². The fourth-order valence-electron chi connectivity index (χ4n) is 1.83. The maximum Gasteiger partial charge on any atom is 0.293 e. The summed E-state index contributed by atoms with van der Waals surface area (Å²) in [6.45, 7) is 3.88. The zero-order chi connectivity index (χ0) is 14.6. The molecule has 1 aromatic carbocycles. The SMILES string of the molecule is CC(C)N(CCO)c1ccc(C(N)=O)cc1[N+](=O)[O-]. The van der Waals surface area contributed by atoms with Gasteiger partial charge < -0.3 is 15.7 Å². The lowest BCUT2D eigenvalue weighted by Gasteiger charge is -2.27. The van der Waals surface area contributed by atoms with E-state index in [1.807, 2.05) is 13.8 Å². The number of rotatable bonds is 6. The largest absolute Gasteiger partial charge is 0.395 e. The van der Waals surface area contributed by atoms with Crippen molar-refractivity contribution in [1.29, 1.82) is 0 Å². The Labute approximate surface area is 110 Å². The summed E-state index contributed by atoms with van der Waals surface area (Å²) in [4.78, 5) is 23.3. The average molecular weight is 267 g/mol. The summed E-state index contributed by atoms with van der Waals surface area (Å²) in [7, 11) is 0. The molecule has 7 heteroatoms. The number of primary amides is 1. The molecule has 1 rings (SSSR count). The van der Waals surface area contributed by atoms with Gasteiger partial charge in [-0.05, 0) is 26.0 Å². The minimum atomic E-state index is -0.715. The smallest absolute Gasteiger partial charge is 0.293 e. The van der Waals surface area contributed by atoms with Crippen molar-refractivity contribution >= 4 is 17.3 Å². The summed E-state index contributed by atoms with van der Waals surface area (Å²) in [5.74, 6) is -0.715. The highest BCUT2D eigenvalue weighted by Gasteiger charge is 2.22. The van der Waals surface area contributed by atoms with Crippen molar-refractivity contribution in [3.8, 4) is 0 Å². The van der Waals surface area contributed by atoms with Gasteiger partial charge in [0.15, 0.2) is 0 Å². The van der Waals surface area contributed by atoms with Gasteiger partial charge in [0.1, 0.15) is 5.69 Å². The molecule has 0 fully saturated rings. The molecule has 0 aliphatic heterocycles. The third-order valence-electron chi connectivity index (χ3n) is 2.73. The Balaban J connectivity index is 3.32. The van der Waals surface area contributed by atoms with Crippen LogP contribution in [0.25, 0.3) is 0 Å². The van der Waals surface area contributed by atoms with Gasteiger partial charge in [0.05, 0.1) is 11.5 Å². The van der Waals surface area contributed by atoms with Crippen LogP contribution in [-0.4, -0.2) is 35.1 Å². The molecule has 1 amide bonds. The van der Waals surface area contributed by atoms with Crippen LogP contribution in [0.1, 0.15) is 24.2 Å². The Hall–Kier alpha value is -2.15. The highest BCUT2D eigenvalue weighted by Crippen LogP contribution is 2.30. The second-order valence-corrected chi connectivity index (χ2v) is 4.34. The van der Waals surface area contributed by atoms with Gasteiger partial charge in [-0.2, -0.15) is 0 Å². The molecule has 0 atom stereocenters. The molecular formula is C12H17N3O4. The van der Waals surface area contributed by atoms with E-state index in [1.54, 1.807) is 4.90 Å². The molecule has 104 valence electrons. The van der Waals surface area contributed by atoms with Crippen molar-refractivity contribution in [3.63, 3.8) is 0 Å². The number of anilines is 1. The van der Waals surface area contributed by atoms with Crippen LogP contribution in [0.2, 0.25) is 0 Å². The van der Waals surface area contributed by atoms with Crippen LogP contribution in [0, 0.1) is 10.1 Å². The number of nitrogens with two attached hydrogens (primary N) is 1. The number of aliphatic hydroxyl groups excluding tert-OH is 1. The molecule has 1 aromatic rings. The van der Waals surface area contributed by atoms with E-state index < -0.39 is 10.8 Å². The minimum Gasteiger partial charge on any atom is -0.395 e. The Kier molecular flexibility index (Phi) is 4.82. The van der Waals surface area contributed by atoms with Gasteiger partial charge in [-0.25, -0.2) is 0 Å². The van der Waals surface area contributed by atoms with Crippen LogP contribution in [0.4, 0.5) is 11.4 Å². The van der Waals surface area contributed by atoms with Gasteiger partial charge in [0.25, 0.3) is 5.69 Å².